The second kappa shape index (κ2) is 7.61. The molecule has 2 N–H and O–H groups in total. The fourth-order valence-electron chi connectivity index (χ4n) is 3.51. The summed E-state index contributed by atoms with van der Waals surface area (Å²) in [5.74, 6) is 1.99. The Hall–Kier alpha value is -2.80. The first kappa shape index (κ1) is 16.7. The van der Waals surface area contributed by atoms with Crippen LogP contribution in [0.2, 0.25) is 0 Å². The Bertz CT molecular complexity index is 847. The van der Waals surface area contributed by atoms with E-state index in [1.165, 1.54) is 0 Å². The van der Waals surface area contributed by atoms with Gasteiger partial charge >= 0.3 is 0 Å². The Balaban J connectivity index is 1.53. The van der Waals surface area contributed by atoms with Gasteiger partial charge in [0, 0.05) is 49.5 Å². The summed E-state index contributed by atoms with van der Waals surface area (Å²) in [6.07, 6.45) is 9.37. The van der Waals surface area contributed by atoms with Crippen LogP contribution in [0.1, 0.15) is 35.7 Å². The minimum atomic E-state index is 0.354. The fourth-order valence-corrected chi connectivity index (χ4v) is 3.51. The van der Waals surface area contributed by atoms with E-state index in [9.17, 15) is 0 Å². The third-order valence-electron chi connectivity index (χ3n) is 4.82. The third-order valence-corrected chi connectivity index (χ3v) is 4.82. The van der Waals surface area contributed by atoms with Gasteiger partial charge in [-0.15, -0.1) is 0 Å². The molecule has 0 amide bonds. The molecule has 0 saturated carbocycles. The average Bonchev–Trinajstić information content (AvgIpc) is 3.17. The summed E-state index contributed by atoms with van der Waals surface area (Å²) in [6.45, 7) is 4.99. The van der Waals surface area contributed by atoms with Crippen molar-refractivity contribution in [3.8, 4) is 0 Å². The Morgan fingerprint density at radius 2 is 2.00 bits per heavy atom. The second-order valence-corrected chi connectivity index (χ2v) is 6.74. The Kier molecular flexibility index (Phi) is 4.88. The molecule has 134 valence electrons. The van der Waals surface area contributed by atoms with E-state index in [0.717, 1.165) is 61.1 Å². The Labute approximate surface area is 152 Å². The molecule has 4 rings (SSSR count). The number of hydrogen-bond acceptors (Lipinski definition) is 6. The lowest BCUT2D eigenvalue weighted by Gasteiger charge is -2.32. The van der Waals surface area contributed by atoms with Crippen LogP contribution in [0.15, 0.2) is 43.0 Å². The maximum absolute atomic E-state index is 4.66. The largest absolute Gasteiger partial charge is 0.323 e. The minimum absolute atomic E-state index is 0.354. The lowest BCUT2D eigenvalue weighted by Crippen LogP contribution is -2.34. The monoisotopic (exact) mass is 349 g/mol. The first-order chi connectivity index (χ1) is 12.8. The highest BCUT2D eigenvalue weighted by Crippen LogP contribution is 2.31. The van der Waals surface area contributed by atoms with Crippen molar-refractivity contribution in [2.75, 3.05) is 18.4 Å². The van der Waals surface area contributed by atoms with Crippen LogP contribution >= 0.6 is 0 Å². The molecule has 7 heteroatoms. The van der Waals surface area contributed by atoms with Crippen molar-refractivity contribution in [1.82, 2.24) is 30.0 Å². The Morgan fingerprint density at radius 3 is 2.85 bits per heavy atom. The molecule has 0 aliphatic carbocycles. The predicted octanol–water partition coefficient (Wildman–Crippen LogP) is 3.03. The number of hydrogen-bond donors (Lipinski definition) is 2. The standard InChI is InChI=1S/C19H23N7/c1-14-4-2-7-21-18(14)24-19-17(20-9-10-22-19)15-5-3-11-26(12-15)13-16-6-8-23-25-16/h2,4,6-10,15H,3,5,11-13H2,1H3,(H,23,25)(H,21,22,24)/t15-/m1/s1. The zero-order valence-corrected chi connectivity index (χ0v) is 14.9. The van der Waals surface area contributed by atoms with E-state index in [1.54, 1.807) is 24.8 Å². The van der Waals surface area contributed by atoms with Crippen LogP contribution in [-0.4, -0.2) is 43.1 Å². The van der Waals surface area contributed by atoms with Gasteiger partial charge < -0.3 is 5.32 Å². The number of aryl methyl sites for hydroxylation is 1. The lowest BCUT2D eigenvalue weighted by atomic mass is 9.94. The van der Waals surface area contributed by atoms with Crippen molar-refractivity contribution in [2.45, 2.75) is 32.2 Å². The van der Waals surface area contributed by atoms with Crippen LogP contribution in [-0.2, 0) is 6.54 Å². The number of aromatic nitrogens is 5. The van der Waals surface area contributed by atoms with Crippen LogP contribution in [0.25, 0.3) is 0 Å². The topological polar surface area (TPSA) is 82.6 Å². The first-order valence-electron chi connectivity index (χ1n) is 9.00. The van der Waals surface area contributed by atoms with Crippen molar-refractivity contribution in [3.63, 3.8) is 0 Å². The summed E-state index contributed by atoms with van der Waals surface area (Å²) in [7, 11) is 0. The van der Waals surface area contributed by atoms with Gasteiger partial charge in [0.15, 0.2) is 5.82 Å². The summed E-state index contributed by atoms with van der Waals surface area (Å²) in [6, 6.07) is 6.01. The van der Waals surface area contributed by atoms with Gasteiger partial charge in [0.25, 0.3) is 0 Å². The maximum atomic E-state index is 4.66. The molecule has 3 aromatic rings. The molecule has 0 aromatic carbocycles. The number of H-pyrrole nitrogens is 1. The van der Waals surface area contributed by atoms with E-state index in [0.29, 0.717) is 5.92 Å². The van der Waals surface area contributed by atoms with Crippen molar-refractivity contribution in [3.05, 3.63) is 59.9 Å². The van der Waals surface area contributed by atoms with E-state index in [1.807, 2.05) is 25.1 Å². The van der Waals surface area contributed by atoms with Crippen molar-refractivity contribution in [1.29, 1.82) is 0 Å². The zero-order chi connectivity index (χ0) is 17.8. The molecular weight excluding hydrogens is 326 g/mol. The number of anilines is 2. The Morgan fingerprint density at radius 1 is 1.12 bits per heavy atom. The van der Waals surface area contributed by atoms with Gasteiger partial charge in [0.1, 0.15) is 5.82 Å². The van der Waals surface area contributed by atoms with E-state index < -0.39 is 0 Å². The normalized spacial score (nSPS) is 18.0. The first-order valence-corrected chi connectivity index (χ1v) is 9.00. The molecule has 0 bridgehead atoms. The molecule has 0 unspecified atom stereocenters. The number of rotatable bonds is 5. The van der Waals surface area contributed by atoms with E-state index >= 15 is 0 Å². The highest BCUT2D eigenvalue weighted by atomic mass is 15.2. The smallest absolute Gasteiger partial charge is 0.153 e. The van der Waals surface area contributed by atoms with Gasteiger partial charge in [-0.3, -0.25) is 15.0 Å². The molecule has 4 heterocycles. The molecule has 1 saturated heterocycles. The van der Waals surface area contributed by atoms with E-state index in [-0.39, 0.29) is 0 Å². The number of nitrogens with one attached hydrogen (secondary N) is 2. The number of likely N-dealkylation sites (tertiary alicyclic amines) is 1. The SMILES string of the molecule is Cc1cccnc1Nc1nccnc1[C@@H]1CCCN(Cc2ccn[nH]2)C1. The zero-order valence-electron chi connectivity index (χ0n) is 14.9. The minimum Gasteiger partial charge on any atom is -0.323 e. The van der Waals surface area contributed by atoms with E-state index in [4.69, 9.17) is 0 Å². The second-order valence-electron chi connectivity index (χ2n) is 6.74. The maximum Gasteiger partial charge on any atom is 0.153 e. The van der Waals surface area contributed by atoms with Crippen LogP contribution in [0.5, 0.6) is 0 Å². The number of piperidine rings is 1. The summed E-state index contributed by atoms with van der Waals surface area (Å²) >= 11 is 0. The molecule has 0 spiro atoms. The molecule has 26 heavy (non-hydrogen) atoms. The molecule has 1 atom stereocenters. The van der Waals surface area contributed by atoms with Gasteiger partial charge in [-0.2, -0.15) is 5.10 Å². The fraction of sp³-hybridized carbons (Fsp3) is 0.368. The highest BCUT2D eigenvalue weighted by Gasteiger charge is 2.25. The van der Waals surface area contributed by atoms with Gasteiger partial charge in [0.2, 0.25) is 0 Å². The van der Waals surface area contributed by atoms with Crippen LogP contribution in [0, 0.1) is 6.92 Å². The summed E-state index contributed by atoms with van der Waals surface area (Å²) in [5.41, 5.74) is 3.26. The molecule has 1 aliphatic heterocycles. The molecule has 1 aliphatic rings. The third kappa shape index (κ3) is 3.72. The molecule has 1 fully saturated rings. The number of pyridine rings is 1. The summed E-state index contributed by atoms with van der Waals surface area (Å²) in [5, 5.41) is 10.5. The van der Waals surface area contributed by atoms with Crippen molar-refractivity contribution < 1.29 is 0 Å². The van der Waals surface area contributed by atoms with Gasteiger partial charge in [-0.05, 0) is 44.0 Å². The van der Waals surface area contributed by atoms with Gasteiger partial charge in [0.05, 0.1) is 5.69 Å². The van der Waals surface area contributed by atoms with Crippen LogP contribution in [0.4, 0.5) is 11.6 Å². The van der Waals surface area contributed by atoms with Crippen molar-refractivity contribution >= 4 is 11.6 Å². The quantitative estimate of drug-likeness (QED) is 0.737. The number of nitrogens with zero attached hydrogens (tertiary/aromatic N) is 5. The highest BCUT2D eigenvalue weighted by molar-refractivity contribution is 5.57. The average molecular weight is 349 g/mol. The molecule has 7 nitrogen and oxygen atoms in total. The molecule has 0 radical (unpaired) electrons. The van der Waals surface area contributed by atoms with Gasteiger partial charge in [-0.25, -0.2) is 9.97 Å². The molecular formula is C19H23N7. The summed E-state index contributed by atoms with van der Waals surface area (Å²) < 4.78 is 0. The van der Waals surface area contributed by atoms with Crippen LogP contribution < -0.4 is 5.32 Å². The van der Waals surface area contributed by atoms with Crippen molar-refractivity contribution in [2.24, 2.45) is 0 Å². The van der Waals surface area contributed by atoms with E-state index in [2.05, 4.69) is 35.4 Å². The summed E-state index contributed by atoms with van der Waals surface area (Å²) in [4.78, 5) is 16.1. The van der Waals surface area contributed by atoms with Crippen LogP contribution in [0.3, 0.4) is 0 Å². The molecule has 3 aromatic heterocycles. The number of aromatic amines is 1. The lowest BCUT2D eigenvalue weighted by molar-refractivity contribution is 0.196. The van der Waals surface area contributed by atoms with Gasteiger partial charge in [-0.1, -0.05) is 6.07 Å². The predicted molar refractivity (Wildman–Crippen MR) is 100 cm³/mol.